The lowest BCUT2D eigenvalue weighted by molar-refractivity contribution is 0.000603. The molecule has 1 N–H and O–H groups in total. The first kappa shape index (κ1) is 16.4. The number of nitrogens with one attached hydrogen (secondary N) is 1. The Morgan fingerprint density at radius 2 is 2.16 bits per heavy atom. The van der Waals surface area contributed by atoms with E-state index in [9.17, 15) is 4.79 Å². The van der Waals surface area contributed by atoms with Gasteiger partial charge in [-0.2, -0.15) is 0 Å². The number of furan rings is 1. The van der Waals surface area contributed by atoms with Crippen LogP contribution in [0.4, 0.5) is 0 Å². The van der Waals surface area contributed by atoms with Crippen LogP contribution in [0.15, 0.2) is 29.3 Å². The highest BCUT2D eigenvalue weighted by atomic mass is 16.3. The zero-order valence-electron chi connectivity index (χ0n) is 15.0. The van der Waals surface area contributed by atoms with Crippen LogP contribution in [-0.2, 0) is 12.0 Å². The molecule has 1 spiro atoms. The largest absolute Gasteiger partial charge is 0.472 e. The summed E-state index contributed by atoms with van der Waals surface area (Å²) < 4.78 is 5.06. The molecule has 4 rings (SSSR count). The second kappa shape index (κ2) is 6.33. The molecule has 1 amide bonds. The summed E-state index contributed by atoms with van der Waals surface area (Å²) in [6.45, 7) is 8.18. The standard InChI is InChI=1S/C19H26N4O2/c1-14(2)11-23-7-3-16-17(21-13-20-16)19(23)5-8-22(9-6-19)18(24)15-4-10-25-12-15/h4,10,12-14H,3,5-9,11H2,1-2H3,(H,20,21). The highest BCUT2D eigenvalue weighted by Crippen LogP contribution is 2.42. The molecule has 0 saturated carbocycles. The number of imidazole rings is 1. The van der Waals surface area contributed by atoms with E-state index < -0.39 is 0 Å². The van der Waals surface area contributed by atoms with Crippen molar-refractivity contribution in [2.24, 2.45) is 5.92 Å². The van der Waals surface area contributed by atoms with Crippen molar-refractivity contribution in [3.05, 3.63) is 41.9 Å². The molecule has 0 aliphatic carbocycles. The Balaban J connectivity index is 1.57. The van der Waals surface area contributed by atoms with E-state index >= 15 is 0 Å². The zero-order valence-corrected chi connectivity index (χ0v) is 15.0. The molecule has 2 aromatic rings. The van der Waals surface area contributed by atoms with E-state index in [2.05, 4.69) is 23.7 Å². The lowest BCUT2D eigenvalue weighted by atomic mass is 9.78. The molecule has 0 radical (unpaired) electrons. The smallest absolute Gasteiger partial charge is 0.257 e. The predicted octanol–water partition coefficient (Wildman–Crippen LogP) is 2.65. The van der Waals surface area contributed by atoms with Crippen LogP contribution in [0.3, 0.4) is 0 Å². The summed E-state index contributed by atoms with van der Waals surface area (Å²) >= 11 is 0. The SMILES string of the molecule is CC(C)CN1CCc2[nH]cnc2C12CCN(C(=O)c1ccoc1)CC2. The highest BCUT2D eigenvalue weighted by molar-refractivity contribution is 5.93. The molecule has 0 bridgehead atoms. The van der Waals surface area contributed by atoms with Crippen LogP contribution in [0.5, 0.6) is 0 Å². The minimum Gasteiger partial charge on any atom is -0.472 e. The van der Waals surface area contributed by atoms with Gasteiger partial charge in [-0.3, -0.25) is 9.69 Å². The highest BCUT2D eigenvalue weighted by Gasteiger charge is 2.47. The molecule has 6 heteroatoms. The molecule has 1 saturated heterocycles. The summed E-state index contributed by atoms with van der Waals surface area (Å²) in [6, 6.07) is 1.74. The molecule has 1 fully saturated rings. The Kier molecular flexibility index (Phi) is 4.15. The van der Waals surface area contributed by atoms with Crippen molar-refractivity contribution in [1.82, 2.24) is 19.8 Å². The van der Waals surface area contributed by atoms with E-state index in [1.165, 1.54) is 17.7 Å². The number of hydrogen-bond acceptors (Lipinski definition) is 4. The summed E-state index contributed by atoms with van der Waals surface area (Å²) in [7, 11) is 0. The third kappa shape index (κ3) is 2.78. The van der Waals surface area contributed by atoms with Crippen molar-refractivity contribution in [3.63, 3.8) is 0 Å². The molecular formula is C19H26N4O2. The fourth-order valence-corrected chi connectivity index (χ4v) is 4.43. The second-order valence-electron chi connectivity index (χ2n) is 7.66. The number of carbonyl (C=O) groups is 1. The van der Waals surface area contributed by atoms with Gasteiger partial charge in [0.25, 0.3) is 5.91 Å². The van der Waals surface area contributed by atoms with Crippen LogP contribution in [-0.4, -0.2) is 51.9 Å². The maximum atomic E-state index is 12.6. The maximum Gasteiger partial charge on any atom is 0.257 e. The van der Waals surface area contributed by atoms with Gasteiger partial charge >= 0.3 is 0 Å². The molecule has 0 aromatic carbocycles. The van der Waals surface area contributed by atoms with E-state index in [4.69, 9.17) is 9.40 Å². The fourth-order valence-electron chi connectivity index (χ4n) is 4.43. The normalized spacial score (nSPS) is 20.2. The van der Waals surface area contributed by atoms with Crippen LogP contribution in [0.1, 0.15) is 48.4 Å². The number of carbonyl (C=O) groups excluding carboxylic acids is 1. The van der Waals surface area contributed by atoms with Crippen LogP contribution < -0.4 is 0 Å². The summed E-state index contributed by atoms with van der Waals surface area (Å²) in [4.78, 5) is 25.2. The van der Waals surface area contributed by atoms with Crippen molar-refractivity contribution in [3.8, 4) is 0 Å². The average molecular weight is 342 g/mol. The number of piperidine rings is 1. The van der Waals surface area contributed by atoms with E-state index in [0.717, 1.165) is 45.4 Å². The molecule has 2 aromatic heterocycles. The summed E-state index contributed by atoms with van der Waals surface area (Å²) in [5.41, 5.74) is 3.08. The molecule has 25 heavy (non-hydrogen) atoms. The zero-order chi connectivity index (χ0) is 17.4. The predicted molar refractivity (Wildman–Crippen MR) is 94.2 cm³/mol. The van der Waals surface area contributed by atoms with Crippen molar-refractivity contribution in [2.45, 2.75) is 38.6 Å². The van der Waals surface area contributed by atoms with E-state index in [-0.39, 0.29) is 11.4 Å². The summed E-state index contributed by atoms with van der Waals surface area (Å²) in [5.74, 6) is 0.681. The minimum absolute atomic E-state index is 0.0367. The van der Waals surface area contributed by atoms with Gasteiger partial charge in [0.1, 0.15) is 6.26 Å². The minimum atomic E-state index is -0.0367. The number of aromatic nitrogens is 2. The second-order valence-corrected chi connectivity index (χ2v) is 7.66. The summed E-state index contributed by atoms with van der Waals surface area (Å²) in [6.07, 6.45) is 7.81. The molecule has 0 atom stereocenters. The van der Waals surface area contributed by atoms with E-state index in [1.807, 2.05) is 11.2 Å². The Bertz CT molecular complexity index is 726. The van der Waals surface area contributed by atoms with Gasteiger partial charge in [-0.05, 0) is 24.8 Å². The average Bonchev–Trinajstić information content (AvgIpc) is 3.29. The molecule has 134 valence electrons. The molecule has 4 heterocycles. The molecular weight excluding hydrogens is 316 g/mol. The number of hydrogen-bond donors (Lipinski definition) is 1. The first-order valence-electron chi connectivity index (χ1n) is 9.19. The van der Waals surface area contributed by atoms with Gasteiger partial charge in [-0.25, -0.2) is 4.98 Å². The number of rotatable bonds is 3. The van der Waals surface area contributed by atoms with Gasteiger partial charge in [-0.15, -0.1) is 0 Å². The Morgan fingerprint density at radius 1 is 1.36 bits per heavy atom. The van der Waals surface area contributed by atoms with Crippen molar-refractivity contribution < 1.29 is 9.21 Å². The third-order valence-corrected chi connectivity index (χ3v) is 5.63. The Morgan fingerprint density at radius 3 is 2.84 bits per heavy atom. The first-order chi connectivity index (χ1) is 12.1. The Hall–Kier alpha value is -2.08. The lowest BCUT2D eigenvalue weighted by Crippen LogP contribution is -2.57. The summed E-state index contributed by atoms with van der Waals surface area (Å²) in [5, 5.41) is 0. The van der Waals surface area contributed by atoms with E-state index in [1.54, 1.807) is 12.3 Å². The van der Waals surface area contributed by atoms with Crippen molar-refractivity contribution >= 4 is 5.91 Å². The van der Waals surface area contributed by atoms with Gasteiger partial charge in [0.15, 0.2) is 0 Å². The topological polar surface area (TPSA) is 65.4 Å². The molecule has 2 aliphatic heterocycles. The van der Waals surface area contributed by atoms with Gasteiger partial charge in [-0.1, -0.05) is 13.8 Å². The number of fused-ring (bicyclic) bond motifs is 2. The van der Waals surface area contributed by atoms with Gasteiger partial charge in [0.05, 0.1) is 29.4 Å². The molecule has 2 aliphatic rings. The van der Waals surface area contributed by atoms with E-state index in [0.29, 0.717) is 11.5 Å². The fraction of sp³-hybridized carbons (Fsp3) is 0.579. The van der Waals surface area contributed by atoms with Gasteiger partial charge < -0.3 is 14.3 Å². The number of likely N-dealkylation sites (tertiary alicyclic amines) is 1. The molecule has 0 unspecified atom stereocenters. The van der Waals surface area contributed by atoms with Crippen LogP contribution >= 0.6 is 0 Å². The van der Waals surface area contributed by atoms with Crippen LogP contribution in [0.2, 0.25) is 0 Å². The lowest BCUT2D eigenvalue weighted by Gasteiger charge is -2.51. The monoisotopic (exact) mass is 342 g/mol. The first-order valence-corrected chi connectivity index (χ1v) is 9.19. The van der Waals surface area contributed by atoms with Gasteiger partial charge in [0.2, 0.25) is 0 Å². The van der Waals surface area contributed by atoms with Crippen molar-refractivity contribution in [2.75, 3.05) is 26.2 Å². The quantitative estimate of drug-likeness (QED) is 0.931. The van der Waals surface area contributed by atoms with Crippen LogP contribution in [0, 0.1) is 5.92 Å². The Labute approximate surface area is 148 Å². The molecule has 6 nitrogen and oxygen atoms in total. The van der Waals surface area contributed by atoms with Crippen LogP contribution in [0.25, 0.3) is 0 Å². The maximum absolute atomic E-state index is 12.6. The number of H-pyrrole nitrogens is 1. The number of amides is 1. The van der Waals surface area contributed by atoms with Gasteiger partial charge in [0, 0.05) is 38.3 Å². The number of nitrogens with zero attached hydrogens (tertiary/aromatic N) is 3. The van der Waals surface area contributed by atoms with Crippen molar-refractivity contribution in [1.29, 1.82) is 0 Å². The third-order valence-electron chi connectivity index (χ3n) is 5.63. The number of aromatic amines is 1.